The number of carbonyl (C=O) groups excluding carboxylic acids is 1. The molecule has 1 aromatic rings. The number of benzene rings is 1. The Bertz CT molecular complexity index is 493. The van der Waals surface area contributed by atoms with Crippen LogP contribution in [0.25, 0.3) is 0 Å². The van der Waals surface area contributed by atoms with Crippen molar-refractivity contribution in [1.82, 2.24) is 10.6 Å². The van der Waals surface area contributed by atoms with E-state index in [4.69, 9.17) is 4.74 Å². The third kappa shape index (κ3) is 4.41. The summed E-state index contributed by atoms with van der Waals surface area (Å²) in [6.07, 6.45) is 1.32. The number of ether oxygens (including phenoxy) is 1. The zero-order valence-electron chi connectivity index (χ0n) is 13.0. The minimum Gasteiger partial charge on any atom is -0.381 e. The Labute approximate surface area is 137 Å². The van der Waals surface area contributed by atoms with Crippen LogP contribution in [0.15, 0.2) is 24.3 Å². The highest BCUT2D eigenvalue weighted by molar-refractivity contribution is 5.85. The summed E-state index contributed by atoms with van der Waals surface area (Å²) in [5.41, 5.74) is 0.287. The lowest BCUT2D eigenvalue weighted by molar-refractivity contribution is -0.127. The summed E-state index contributed by atoms with van der Waals surface area (Å²) in [6, 6.07) is 6.48. The largest absolute Gasteiger partial charge is 0.381 e. The lowest BCUT2D eigenvalue weighted by Crippen LogP contribution is -2.51. The Morgan fingerprint density at radius 2 is 2.09 bits per heavy atom. The predicted molar refractivity (Wildman–Crippen MR) is 86.6 cm³/mol. The van der Waals surface area contributed by atoms with Crippen molar-refractivity contribution in [2.45, 2.75) is 25.3 Å². The van der Waals surface area contributed by atoms with Gasteiger partial charge in [-0.05, 0) is 37.6 Å². The molecule has 22 heavy (non-hydrogen) atoms. The highest BCUT2D eigenvalue weighted by atomic mass is 35.5. The van der Waals surface area contributed by atoms with Gasteiger partial charge in [-0.2, -0.15) is 0 Å². The quantitative estimate of drug-likeness (QED) is 0.870. The van der Waals surface area contributed by atoms with Gasteiger partial charge in [-0.25, -0.2) is 4.39 Å². The number of halogens is 2. The molecule has 0 radical (unpaired) electrons. The number of hydrogen-bond acceptors (Lipinski definition) is 3. The van der Waals surface area contributed by atoms with E-state index in [2.05, 4.69) is 10.6 Å². The van der Waals surface area contributed by atoms with Crippen LogP contribution < -0.4 is 10.6 Å². The highest BCUT2D eigenvalue weighted by Crippen LogP contribution is 2.32. The number of hydrogen-bond donors (Lipinski definition) is 2. The molecule has 1 aliphatic heterocycles. The molecule has 1 unspecified atom stereocenters. The number of rotatable bonds is 5. The van der Waals surface area contributed by atoms with E-state index in [0.717, 1.165) is 5.56 Å². The highest BCUT2D eigenvalue weighted by Gasteiger charge is 2.37. The van der Waals surface area contributed by atoms with Crippen LogP contribution in [-0.2, 0) is 15.1 Å². The van der Waals surface area contributed by atoms with E-state index in [1.807, 2.05) is 20.0 Å². The Morgan fingerprint density at radius 3 is 2.68 bits per heavy atom. The molecule has 124 valence electrons. The van der Waals surface area contributed by atoms with Gasteiger partial charge in [0.05, 0.1) is 5.54 Å². The van der Waals surface area contributed by atoms with Gasteiger partial charge in [0.15, 0.2) is 0 Å². The van der Waals surface area contributed by atoms with E-state index < -0.39 is 5.54 Å². The molecule has 2 rings (SSSR count). The molecule has 0 bridgehead atoms. The molecular weight excluding hydrogens is 307 g/mol. The van der Waals surface area contributed by atoms with Crippen LogP contribution in [0.2, 0.25) is 0 Å². The summed E-state index contributed by atoms with van der Waals surface area (Å²) in [4.78, 5) is 12.4. The summed E-state index contributed by atoms with van der Waals surface area (Å²) in [5, 5.41) is 6.14. The molecule has 1 amide bonds. The average Bonchev–Trinajstić information content (AvgIpc) is 2.48. The van der Waals surface area contributed by atoms with Crippen molar-refractivity contribution < 1.29 is 13.9 Å². The SMILES string of the molecule is CNCC(C)C(=O)NC1(c2cccc(F)c2)CCOCC1.Cl. The molecular formula is C16H24ClFN2O2. The van der Waals surface area contributed by atoms with E-state index in [9.17, 15) is 9.18 Å². The van der Waals surface area contributed by atoms with Crippen molar-refractivity contribution in [1.29, 1.82) is 0 Å². The molecule has 1 aromatic carbocycles. The first kappa shape index (κ1) is 18.9. The number of nitrogens with one attached hydrogen (secondary N) is 2. The molecule has 6 heteroatoms. The van der Waals surface area contributed by atoms with Crippen molar-refractivity contribution >= 4 is 18.3 Å². The van der Waals surface area contributed by atoms with Gasteiger partial charge in [0.25, 0.3) is 0 Å². The molecule has 1 aliphatic rings. The molecule has 0 spiro atoms. The van der Waals surface area contributed by atoms with E-state index in [0.29, 0.717) is 32.6 Å². The second kappa shape index (κ2) is 8.46. The average molecular weight is 331 g/mol. The summed E-state index contributed by atoms with van der Waals surface area (Å²) >= 11 is 0. The monoisotopic (exact) mass is 330 g/mol. The maximum atomic E-state index is 13.6. The molecule has 1 atom stereocenters. The van der Waals surface area contributed by atoms with Crippen LogP contribution in [0.1, 0.15) is 25.3 Å². The van der Waals surface area contributed by atoms with Crippen LogP contribution in [0.5, 0.6) is 0 Å². The normalized spacial score (nSPS) is 18.1. The number of carbonyl (C=O) groups is 1. The summed E-state index contributed by atoms with van der Waals surface area (Å²) in [5.74, 6) is -0.435. The minimum atomic E-state index is -0.528. The molecule has 1 heterocycles. The van der Waals surface area contributed by atoms with Gasteiger partial charge in [0.1, 0.15) is 5.82 Å². The van der Waals surface area contributed by atoms with Crippen LogP contribution in [-0.4, -0.2) is 32.7 Å². The van der Waals surface area contributed by atoms with Crippen LogP contribution >= 0.6 is 12.4 Å². The summed E-state index contributed by atoms with van der Waals surface area (Å²) in [7, 11) is 1.82. The molecule has 1 fully saturated rings. The van der Waals surface area contributed by atoms with Crippen molar-refractivity contribution in [3.8, 4) is 0 Å². The van der Waals surface area contributed by atoms with E-state index in [-0.39, 0.29) is 30.0 Å². The zero-order valence-corrected chi connectivity index (χ0v) is 13.8. The number of amides is 1. The fourth-order valence-corrected chi connectivity index (χ4v) is 2.75. The Morgan fingerprint density at radius 1 is 1.41 bits per heavy atom. The summed E-state index contributed by atoms with van der Waals surface area (Å²) in [6.45, 7) is 3.63. The smallest absolute Gasteiger partial charge is 0.224 e. The molecule has 0 aromatic heterocycles. The third-order valence-electron chi connectivity index (χ3n) is 4.04. The molecule has 2 N–H and O–H groups in total. The first-order valence-electron chi connectivity index (χ1n) is 7.38. The molecule has 1 saturated heterocycles. The van der Waals surface area contributed by atoms with Gasteiger partial charge in [-0.3, -0.25) is 4.79 Å². The van der Waals surface area contributed by atoms with Crippen molar-refractivity contribution in [2.75, 3.05) is 26.8 Å². The lowest BCUT2D eigenvalue weighted by atomic mass is 9.82. The Balaban J connectivity index is 0.00000242. The van der Waals surface area contributed by atoms with E-state index in [1.165, 1.54) is 12.1 Å². The van der Waals surface area contributed by atoms with Gasteiger partial charge >= 0.3 is 0 Å². The predicted octanol–water partition coefficient (Wildman–Crippen LogP) is 2.22. The van der Waals surface area contributed by atoms with Gasteiger partial charge in [-0.15, -0.1) is 12.4 Å². The second-order valence-electron chi connectivity index (χ2n) is 5.65. The van der Waals surface area contributed by atoms with Crippen LogP contribution in [0.4, 0.5) is 4.39 Å². The molecule has 0 aliphatic carbocycles. The molecule has 0 saturated carbocycles. The van der Waals surface area contributed by atoms with Gasteiger partial charge < -0.3 is 15.4 Å². The molecule has 4 nitrogen and oxygen atoms in total. The Hall–Kier alpha value is -1.17. The minimum absolute atomic E-state index is 0. The second-order valence-corrected chi connectivity index (χ2v) is 5.65. The van der Waals surface area contributed by atoms with Gasteiger partial charge in [0.2, 0.25) is 5.91 Å². The van der Waals surface area contributed by atoms with Crippen LogP contribution in [0.3, 0.4) is 0 Å². The first-order chi connectivity index (χ1) is 10.1. The first-order valence-corrected chi connectivity index (χ1v) is 7.38. The maximum Gasteiger partial charge on any atom is 0.224 e. The van der Waals surface area contributed by atoms with Crippen molar-refractivity contribution in [2.24, 2.45) is 5.92 Å². The van der Waals surface area contributed by atoms with Crippen molar-refractivity contribution in [3.05, 3.63) is 35.6 Å². The summed E-state index contributed by atoms with van der Waals surface area (Å²) < 4.78 is 19.0. The van der Waals surface area contributed by atoms with E-state index >= 15 is 0 Å². The van der Waals surface area contributed by atoms with Crippen LogP contribution in [0, 0.1) is 11.7 Å². The van der Waals surface area contributed by atoms with E-state index in [1.54, 1.807) is 6.07 Å². The fraction of sp³-hybridized carbons (Fsp3) is 0.562. The van der Waals surface area contributed by atoms with Crippen molar-refractivity contribution in [3.63, 3.8) is 0 Å². The third-order valence-corrected chi connectivity index (χ3v) is 4.04. The zero-order chi connectivity index (χ0) is 15.3. The standard InChI is InChI=1S/C16H23FN2O2.ClH/c1-12(11-18-2)15(20)19-16(6-8-21-9-7-16)13-4-3-5-14(17)10-13;/h3-5,10,12,18H,6-9,11H2,1-2H3,(H,19,20);1H. The van der Waals surface area contributed by atoms with Gasteiger partial charge in [-0.1, -0.05) is 19.1 Å². The fourth-order valence-electron chi connectivity index (χ4n) is 2.75. The van der Waals surface area contributed by atoms with Gasteiger partial charge in [0, 0.05) is 25.7 Å². The lowest BCUT2D eigenvalue weighted by Gasteiger charge is -2.39. The topological polar surface area (TPSA) is 50.4 Å². The maximum absolute atomic E-state index is 13.6. The Kier molecular flexibility index (Phi) is 7.26.